The van der Waals surface area contributed by atoms with E-state index < -0.39 is 0 Å². The number of amides is 1. The maximum Gasteiger partial charge on any atom is 0.252 e. The molecule has 2 aliphatic heterocycles. The number of benzene rings is 1. The summed E-state index contributed by atoms with van der Waals surface area (Å²) < 4.78 is 0. The summed E-state index contributed by atoms with van der Waals surface area (Å²) in [5.74, 6) is 0.741. The highest BCUT2D eigenvalue weighted by Crippen LogP contribution is 2.26. The number of nitrogens with zero attached hydrogens (tertiary/aromatic N) is 5. The number of carbonyl (C=O) groups is 1. The van der Waals surface area contributed by atoms with Crippen LogP contribution >= 0.6 is 22.9 Å². The van der Waals surface area contributed by atoms with Gasteiger partial charge >= 0.3 is 0 Å². The molecule has 1 N–H and O–H groups in total. The maximum atomic E-state index is 12.6. The van der Waals surface area contributed by atoms with Crippen molar-refractivity contribution in [2.24, 2.45) is 0 Å². The summed E-state index contributed by atoms with van der Waals surface area (Å²) in [5.41, 5.74) is 1.69. The van der Waals surface area contributed by atoms with Crippen molar-refractivity contribution in [3.63, 3.8) is 0 Å². The number of thiophene rings is 1. The lowest BCUT2D eigenvalue weighted by atomic mass is 10.2. The van der Waals surface area contributed by atoms with Gasteiger partial charge in [-0.2, -0.15) is 0 Å². The van der Waals surface area contributed by atoms with E-state index in [0.717, 1.165) is 47.5 Å². The summed E-state index contributed by atoms with van der Waals surface area (Å²) in [5, 5.41) is 2.77. The zero-order chi connectivity index (χ0) is 24.2. The molecule has 35 heavy (non-hydrogen) atoms. The van der Waals surface area contributed by atoms with Gasteiger partial charge in [-0.05, 0) is 23.6 Å². The molecule has 2 aromatic heterocycles. The van der Waals surface area contributed by atoms with Crippen molar-refractivity contribution >= 4 is 40.5 Å². The van der Waals surface area contributed by atoms with Crippen LogP contribution in [0.25, 0.3) is 0 Å². The van der Waals surface area contributed by atoms with E-state index in [1.807, 2.05) is 40.6 Å². The van der Waals surface area contributed by atoms with Gasteiger partial charge in [0.1, 0.15) is 0 Å². The first-order valence-corrected chi connectivity index (χ1v) is 13.2. The SMILES string of the molecule is O=C(Cc1cccs1)N1CCN(c2nc(CN3CCN(c4ccccc4Cl)CC3)cc(=O)[nH]2)CC1. The minimum atomic E-state index is -0.143. The zero-order valence-corrected chi connectivity index (χ0v) is 21.1. The molecule has 0 spiro atoms. The Morgan fingerprint density at radius 2 is 1.71 bits per heavy atom. The van der Waals surface area contributed by atoms with Crippen molar-refractivity contribution < 1.29 is 4.79 Å². The predicted molar refractivity (Wildman–Crippen MR) is 141 cm³/mol. The topological polar surface area (TPSA) is 75.8 Å². The molecule has 10 heteroatoms. The zero-order valence-electron chi connectivity index (χ0n) is 19.5. The van der Waals surface area contributed by atoms with E-state index in [1.54, 1.807) is 17.4 Å². The second-order valence-corrected chi connectivity index (χ2v) is 10.3. The molecule has 4 heterocycles. The fourth-order valence-electron chi connectivity index (χ4n) is 4.65. The molecule has 184 valence electrons. The van der Waals surface area contributed by atoms with Crippen LogP contribution in [0.15, 0.2) is 52.6 Å². The summed E-state index contributed by atoms with van der Waals surface area (Å²) in [6.07, 6.45) is 0.450. The molecule has 2 fully saturated rings. The number of carbonyl (C=O) groups excluding carboxylic acids is 1. The molecule has 0 radical (unpaired) electrons. The lowest BCUT2D eigenvalue weighted by Gasteiger charge is -2.36. The monoisotopic (exact) mass is 512 g/mol. The number of H-pyrrole nitrogens is 1. The fraction of sp³-hybridized carbons (Fsp3) is 0.400. The number of piperazine rings is 2. The average Bonchev–Trinajstić information content (AvgIpc) is 3.38. The molecule has 8 nitrogen and oxygen atoms in total. The van der Waals surface area contributed by atoms with E-state index in [2.05, 4.69) is 25.8 Å². The van der Waals surface area contributed by atoms with Crippen LogP contribution in [0.4, 0.5) is 11.6 Å². The van der Waals surface area contributed by atoms with Crippen molar-refractivity contribution in [3.05, 3.63) is 73.8 Å². The number of nitrogens with one attached hydrogen (secondary N) is 1. The highest BCUT2D eigenvalue weighted by molar-refractivity contribution is 7.10. The first kappa shape index (κ1) is 23.8. The lowest BCUT2D eigenvalue weighted by molar-refractivity contribution is -0.130. The highest BCUT2D eigenvalue weighted by atomic mass is 35.5. The summed E-state index contributed by atoms with van der Waals surface area (Å²) in [6.45, 7) is 6.69. The van der Waals surface area contributed by atoms with E-state index in [0.29, 0.717) is 45.1 Å². The Labute approximate surface area is 213 Å². The summed E-state index contributed by atoms with van der Waals surface area (Å²) in [4.78, 5) is 42.3. The molecule has 2 aliphatic rings. The van der Waals surface area contributed by atoms with Gasteiger partial charge < -0.3 is 14.7 Å². The van der Waals surface area contributed by atoms with Crippen LogP contribution in [0.1, 0.15) is 10.6 Å². The van der Waals surface area contributed by atoms with Crippen molar-refractivity contribution in [2.75, 3.05) is 62.2 Å². The Morgan fingerprint density at radius 3 is 2.43 bits per heavy atom. The van der Waals surface area contributed by atoms with Gasteiger partial charge in [-0.1, -0.05) is 29.8 Å². The molecular weight excluding hydrogens is 484 g/mol. The number of anilines is 2. The fourth-order valence-corrected chi connectivity index (χ4v) is 5.60. The normalized spacial score (nSPS) is 17.1. The van der Waals surface area contributed by atoms with E-state index >= 15 is 0 Å². The Morgan fingerprint density at radius 1 is 0.971 bits per heavy atom. The minimum absolute atomic E-state index is 0.143. The van der Waals surface area contributed by atoms with Gasteiger partial charge in [0.2, 0.25) is 11.9 Å². The third kappa shape index (κ3) is 5.86. The molecule has 0 atom stereocenters. The van der Waals surface area contributed by atoms with Gasteiger partial charge in [-0.15, -0.1) is 11.3 Å². The van der Waals surface area contributed by atoms with E-state index in [9.17, 15) is 9.59 Å². The molecule has 1 amide bonds. The number of hydrogen-bond donors (Lipinski definition) is 1. The number of aromatic nitrogens is 2. The second kappa shape index (κ2) is 10.8. The quantitative estimate of drug-likeness (QED) is 0.547. The van der Waals surface area contributed by atoms with Crippen LogP contribution in [0.2, 0.25) is 5.02 Å². The van der Waals surface area contributed by atoms with Crippen LogP contribution in [0.3, 0.4) is 0 Å². The number of para-hydroxylation sites is 1. The minimum Gasteiger partial charge on any atom is -0.368 e. The molecule has 2 saturated heterocycles. The van der Waals surface area contributed by atoms with Crippen molar-refractivity contribution in [1.82, 2.24) is 19.8 Å². The summed E-state index contributed by atoms with van der Waals surface area (Å²) in [7, 11) is 0. The third-order valence-corrected chi connectivity index (χ3v) is 7.77. The third-order valence-electron chi connectivity index (χ3n) is 6.57. The Bertz CT molecular complexity index is 1200. The molecular formula is C25H29ClN6O2S. The molecule has 0 unspecified atom stereocenters. The number of halogens is 1. The first-order valence-electron chi connectivity index (χ1n) is 11.9. The van der Waals surface area contributed by atoms with Gasteiger partial charge in [0.05, 0.1) is 22.8 Å². The molecule has 0 saturated carbocycles. The molecule has 0 aliphatic carbocycles. The van der Waals surface area contributed by atoms with Crippen molar-refractivity contribution in [3.8, 4) is 0 Å². The summed E-state index contributed by atoms with van der Waals surface area (Å²) >= 11 is 7.97. The van der Waals surface area contributed by atoms with Gasteiger partial charge in [0.15, 0.2) is 0 Å². The molecule has 0 bridgehead atoms. The van der Waals surface area contributed by atoms with Crippen LogP contribution in [-0.4, -0.2) is 78.0 Å². The predicted octanol–water partition coefficient (Wildman–Crippen LogP) is 2.70. The Balaban J connectivity index is 1.16. The van der Waals surface area contributed by atoms with Gasteiger partial charge in [-0.3, -0.25) is 19.5 Å². The first-order chi connectivity index (χ1) is 17.0. The van der Waals surface area contributed by atoms with E-state index in [-0.39, 0.29) is 11.5 Å². The maximum absolute atomic E-state index is 12.6. The summed E-state index contributed by atoms with van der Waals surface area (Å²) in [6, 6.07) is 13.5. The lowest BCUT2D eigenvalue weighted by Crippen LogP contribution is -2.50. The molecule has 1 aromatic carbocycles. The van der Waals surface area contributed by atoms with Gasteiger partial charge in [0, 0.05) is 69.8 Å². The Kier molecular flexibility index (Phi) is 7.36. The smallest absolute Gasteiger partial charge is 0.252 e. The Hall–Kier alpha value is -2.88. The average molecular weight is 513 g/mol. The number of aromatic amines is 1. The van der Waals surface area contributed by atoms with Crippen LogP contribution in [0, 0.1) is 0 Å². The highest BCUT2D eigenvalue weighted by Gasteiger charge is 2.24. The molecule has 3 aromatic rings. The van der Waals surface area contributed by atoms with Crippen LogP contribution in [-0.2, 0) is 17.8 Å². The van der Waals surface area contributed by atoms with Crippen molar-refractivity contribution in [1.29, 1.82) is 0 Å². The van der Waals surface area contributed by atoms with E-state index in [1.165, 1.54) is 0 Å². The number of rotatable bonds is 6. The molecule has 5 rings (SSSR count). The van der Waals surface area contributed by atoms with Gasteiger partial charge in [0.25, 0.3) is 5.56 Å². The van der Waals surface area contributed by atoms with Crippen molar-refractivity contribution in [2.45, 2.75) is 13.0 Å². The van der Waals surface area contributed by atoms with Crippen LogP contribution < -0.4 is 15.4 Å². The van der Waals surface area contributed by atoms with Crippen LogP contribution in [0.5, 0.6) is 0 Å². The standard InChI is InChI=1S/C25H29ClN6O2S/c26-21-5-1-2-6-22(21)30-9-7-29(8-10-30)18-19-16-23(33)28-25(27-19)32-13-11-31(12-14-32)24(34)17-20-4-3-15-35-20/h1-6,15-16H,7-14,17-18H2,(H,27,28,33). The second-order valence-electron chi connectivity index (χ2n) is 8.90. The largest absolute Gasteiger partial charge is 0.368 e. The van der Waals surface area contributed by atoms with Gasteiger partial charge in [-0.25, -0.2) is 4.98 Å². The van der Waals surface area contributed by atoms with E-state index in [4.69, 9.17) is 16.6 Å². The number of hydrogen-bond acceptors (Lipinski definition) is 7.